The molecule has 1 fully saturated rings. The molecule has 1 heterocycles. The molecule has 1 atom stereocenters. The highest BCUT2D eigenvalue weighted by Crippen LogP contribution is 2.15. The third-order valence-corrected chi connectivity index (χ3v) is 3.99. The number of carbonyl (C=O) groups excluding carboxylic acids is 1. The Labute approximate surface area is 129 Å². The molecule has 0 aromatic rings. The molecule has 1 N–H and O–H groups in total. The lowest BCUT2D eigenvalue weighted by atomic mass is 10.0. The van der Waals surface area contributed by atoms with Crippen molar-refractivity contribution in [3.63, 3.8) is 0 Å². The van der Waals surface area contributed by atoms with Gasteiger partial charge < -0.3 is 15.0 Å². The van der Waals surface area contributed by atoms with E-state index in [1.165, 1.54) is 20.0 Å². The molecule has 0 amide bonds. The number of likely N-dealkylation sites (tertiary alicyclic amines) is 1. The Kier molecular flexibility index (Phi) is 8.87. The standard InChI is InChI=1S/C16H31N3O2/c1-14-9-8-12-19(13-14)16(17-2)18-11-7-5-4-6-10-15(20)21-3/h14H,4-13H2,1-3H3,(H,17,18). The third-order valence-electron chi connectivity index (χ3n) is 3.99. The Bertz CT molecular complexity index is 331. The van der Waals surface area contributed by atoms with Crippen LogP contribution in [-0.4, -0.2) is 50.6 Å². The summed E-state index contributed by atoms with van der Waals surface area (Å²) in [5, 5.41) is 3.45. The summed E-state index contributed by atoms with van der Waals surface area (Å²) in [7, 11) is 3.30. The van der Waals surface area contributed by atoms with Crippen LogP contribution in [0.1, 0.15) is 51.9 Å². The lowest BCUT2D eigenvalue weighted by molar-refractivity contribution is -0.140. The summed E-state index contributed by atoms with van der Waals surface area (Å²) in [6, 6.07) is 0. The van der Waals surface area contributed by atoms with E-state index in [4.69, 9.17) is 0 Å². The minimum Gasteiger partial charge on any atom is -0.469 e. The molecule has 0 aromatic carbocycles. The molecule has 1 aliphatic rings. The summed E-state index contributed by atoms with van der Waals surface area (Å²) < 4.78 is 4.63. The van der Waals surface area contributed by atoms with Gasteiger partial charge in [0.1, 0.15) is 0 Å². The predicted molar refractivity (Wildman–Crippen MR) is 86.4 cm³/mol. The molecule has 0 bridgehead atoms. The molecular weight excluding hydrogens is 266 g/mol. The van der Waals surface area contributed by atoms with E-state index in [9.17, 15) is 4.79 Å². The first kappa shape index (κ1) is 17.8. The van der Waals surface area contributed by atoms with Gasteiger partial charge >= 0.3 is 5.97 Å². The second kappa shape index (κ2) is 10.5. The van der Waals surface area contributed by atoms with Crippen molar-refractivity contribution in [2.24, 2.45) is 10.9 Å². The van der Waals surface area contributed by atoms with Gasteiger partial charge in [-0.05, 0) is 31.6 Å². The fourth-order valence-electron chi connectivity index (χ4n) is 2.76. The Morgan fingerprint density at radius 1 is 1.33 bits per heavy atom. The number of esters is 1. The molecule has 1 rings (SSSR count). The Morgan fingerprint density at radius 3 is 2.76 bits per heavy atom. The number of methoxy groups -OCH3 is 1. The van der Waals surface area contributed by atoms with E-state index in [0.717, 1.165) is 57.2 Å². The molecule has 5 heteroatoms. The van der Waals surface area contributed by atoms with E-state index in [-0.39, 0.29) is 5.97 Å². The average molecular weight is 297 g/mol. The number of ether oxygens (including phenoxy) is 1. The van der Waals surface area contributed by atoms with Crippen LogP contribution in [-0.2, 0) is 9.53 Å². The molecule has 0 saturated carbocycles. The zero-order valence-electron chi connectivity index (χ0n) is 13.9. The van der Waals surface area contributed by atoms with Gasteiger partial charge in [0.25, 0.3) is 0 Å². The number of guanidine groups is 1. The van der Waals surface area contributed by atoms with Gasteiger partial charge in [-0.1, -0.05) is 19.8 Å². The number of hydrogen-bond donors (Lipinski definition) is 1. The number of aliphatic imine (C=N–C) groups is 1. The first-order valence-electron chi connectivity index (χ1n) is 8.19. The van der Waals surface area contributed by atoms with Crippen LogP contribution in [0.4, 0.5) is 0 Å². The second-order valence-corrected chi connectivity index (χ2v) is 5.91. The van der Waals surface area contributed by atoms with E-state index >= 15 is 0 Å². The van der Waals surface area contributed by atoms with Crippen LogP contribution < -0.4 is 5.32 Å². The van der Waals surface area contributed by atoms with Crippen molar-refractivity contribution < 1.29 is 9.53 Å². The number of nitrogens with zero attached hydrogens (tertiary/aromatic N) is 2. The van der Waals surface area contributed by atoms with Gasteiger partial charge in [-0.15, -0.1) is 0 Å². The van der Waals surface area contributed by atoms with Gasteiger partial charge in [0, 0.05) is 33.1 Å². The highest BCUT2D eigenvalue weighted by Gasteiger charge is 2.18. The van der Waals surface area contributed by atoms with E-state index < -0.39 is 0 Å². The predicted octanol–water partition coefficient (Wildman–Crippen LogP) is 2.42. The molecule has 0 radical (unpaired) electrons. The summed E-state index contributed by atoms with van der Waals surface area (Å²) >= 11 is 0. The van der Waals surface area contributed by atoms with Gasteiger partial charge in [0.05, 0.1) is 7.11 Å². The van der Waals surface area contributed by atoms with E-state index in [0.29, 0.717) is 6.42 Å². The van der Waals surface area contributed by atoms with E-state index in [2.05, 4.69) is 26.9 Å². The Balaban J connectivity index is 2.09. The van der Waals surface area contributed by atoms with Crippen molar-refractivity contribution in [2.75, 3.05) is 33.8 Å². The van der Waals surface area contributed by atoms with E-state index in [1.807, 2.05) is 7.05 Å². The SMILES string of the molecule is CN=C(NCCCCCCC(=O)OC)N1CCCC(C)C1. The third kappa shape index (κ3) is 7.34. The van der Waals surface area contributed by atoms with Crippen molar-refractivity contribution in [1.82, 2.24) is 10.2 Å². The fraction of sp³-hybridized carbons (Fsp3) is 0.875. The number of piperidine rings is 1. The van der Waals surface area contributed by atoms with Gasteiger partial charge in [-0.2, -0.15) is 0 Å². The largest absolute Gasteiger partial charge is 0.469 e. The van der Waals surface area contributed by atoms with Crippen LogP contribution in [0.3, 0.4) is 0 Å². The molecule has 122 valence electrons. The summed E-state index contributed by atoms with van der Waals surface area (Å²) in [5.74, 6) is 1.69. The van der Waals surface area contributed by atoms with Gasteiger partial charge in [0.2, 0.25) is 0 Å². The number of nitrogens with one attached hydrogen (secondary N) is 1. The summed E-state index contributed by atoms with van der Waals surface area (Å²) in [5.41, 5.74) is 0. The number of carbonyl (C=O) groups is 1. The van der Waals surface area contributed by atoms with Crippen LogP contribution in [0.25, 0.3) is 0 Å². The van der Waals surface area contributed by atoms with Crippen molar-refractivity contribution in [3.8, 4) is 0 Å². The van der Waals surface area contributed by atoms with Crippen molar-refractivity contribution in [3.05, 3.63) is 0 Å². The van der Waals surface area contributed by atoms with Crippen molar-refractivity contribution in [1.29, 1.82) is 0 Å². The zero-order chi connectivity index (χ0) is 15.5. The lowest BCUT2D eigenvalue weighted by Crippen LogP contribution is -2.46. The summed E-state index contributed by atoms with van der Waals surface area (Å²) in [6.07, 6.45) is 7.38. The van der Waals surface area contributed by atoms with Gasteiger partial charge in [-0.3, -0.25) is 9.79 Å². The summed E-state index contributed by atoms with van der Waals surface area (Å²) in [4.78, 5) is 17.7. The minimum absolute atomic E-state index is 0.104. The topological polar surface area (TPSA) is 53.9 Å². The molecular formula is C16H31N3O2. The molecule has 1 unspecified atom stereocenters. The highest BCUT2D eigenvalue weighted by molar-refractivity contribution is 5.79. The number of rotatable bonds is 7. The quantitative estimate of drug-likeness (QED) is 0.339. The molecule has 5 nitrogen and oxygen atoms in total. The van der Waals surface area contributed by atoms with Crippen LogP contribution in [0, 0.1) is 5.92 Å². The zero-order valence-corrected chi connectivity index (χ0v) is 13.9. The van der Waals surface area contributed by atoms with E-state index in [1.54, 1.807) is 0 Å². The number of unbranched alkanes of at least 4 members (excludes halogenated alkanes) is 3. The Morgan fingerprint density at radius 2 is 2.10 bits per heavy atom. The van der Waals surface area contributed by atoms with Crippen molar-refractivity contribution >= 4 is 11.9 Å². The molecule has 21 heavy (non-hydrogen) atoms. The smallest absolute Gasteiger partial charge is 0.305 e. The second-order valence-electron chi connectivity index (χ2n) is 5.91. The average Bonchev–Trinajstić information content (AvgIpc) is 2.49. The van der Waals surface area contributed by atoms with Crippen LogP contribution >= 0.6 is 0 Å². The van der Waals surface area contributed by atoms with Crippen molar-refractivity contribution in [2.45, 2.75) is 51.9 Å². The maximum atomic E-state index is 11.0. The van der Waals surface area contributed by atoms with Crippen LogP contribution in [0.15, 0.2) is 4.99 Å². The van der Waals surface area contributed by atoms with Gasteiger partial charge in [0.15, 0.2) is 5.96 Å². The summed E-state index contributed by atoms with van der Waals surface area (Å²) in [6.45, 7) is 5.48. The molecule has 1 saturated heterocycles. The lowest BCUT2D eigenvalue weighted by Gasteiger charge is -2.33. The van der Waals surface area contributed by atoms with Crippen LogP contribution in [0.5, 0.6) is 0 Å². The molecule has 0 spiro atoms. The normalized spacial score (nSPS) is 19.5. The molecule has 0 aromatic heterocycles. The molecule has 0 aliphatic carbocycles. The maximum absolute atomic E-state index is 11.0. The van der Waals surface area contributed by atoms with Gasteiger partial charge in [-0.25, -0.2) is 0 Å². The monoisotopic (exact) mass is 297 g/mol. The molecule has 1 aliphatic heterocycles. The maximum Gasteiger partial charge on any atom is 0.305 e. The fourth-order valence-corrected chi connectivity index (χ4v) is 2.76. The van der Waals surface area contributed by atoms with Crippen LogP contribution in [0.2, 0.25) is 0 Å². The first-order chi connectivity index (χ1) is 10.2. The minimum atomic E-state index is -0.104. The first-order valence-corrected chi connectivity index (χ1v) is 8.19. The highest BCUT2D eigenvalue weighted by atomic mass is 16.5. The Hall–Kier alpha value is -1.26. The number of hydrogen-bond acceptors (Lipinski definition) is 3.